The Bertz CT molecular complexity index is 701. The molecule has 3 rings (SSSR count). The minimum absolute atomic E-state index is 0.184. The van der Waals surface area contributed by atoms with Gasteiger partial charge in [0.1, 0.15) is 6.04 Å². The molecule has 1 saturated heterocycles. The minimum atomic E-state index is -0.589. The van der Waals surface area contributed by atoms with Crippen molar-refractivity contribution < 1.29 is 19.2 Å². The van der Waals surface area contributed by atoms with E-state index in [1.807, 2.05) is 6.07 Å². The molecule has 0 spiro atoms. The Kier molecular flexibility index (Phi) is 3.85. The van der Waals surface area contributed by atoms with E-state index in [4.69, 9.17) is 0 Å². The van der Waals surface area contributed by atoms with Gasteiger partial charge >= 0.3 is 0 Å². The maximum absolute atomic E-state index is 12.6. The highest BCUT2D eigenvalue weighted by Gasteiger charge is 2.41. The van der Waals surface area contributed by atoms with Crippen molar-refractivity contribution in [2.75, 3.05) is 7.05 Å². The highest BCUT2D eigenvalue weighted by Crippen LogP contribution is 2.29. The van der Waals surface area contributed by atoms with E-state index in [-0.39, 0.29) is 24.1 Å². The largest absolute Gasteiger partial charge is 0.355 e. The first-order chi connectivity index (χ1) is 11.0. The van der Waals surface area contributed by atoms with Crippen LogP contribution in [-0.2, 0) is 27.5 Å². The molecule has 0 saturated carbocycles. The van der Waals surface area contributed by atoms with Gasteiger partial charge in [0.05, 0.1) is 0 Å². The lowest BCUT2D eigenvalue weighted by atomic mass is 10.0. The van der Waals surface area contributed by atoms with Crippen molar-refractivity contribution in [3.8, 4) is 0 Å². The van der Waals surface area contributed by atoms with Gasteiger partial charge in [-0.15, -0.1) is 0 Å². The molecule has 7 heteroatoms. The van der Waals surface area contributed by atoms with Crippen molar-refractivity contribution in [2.24, 2.45) is 0 Å². The topological polar surface area (TPSA) is 86.8 Å². The number of hydrogen-bond donors (Lipinski definition) is 1. The van der Waals surface area contributed by atoms with E-state index in [1.54, 1.807) is 12.1 Å². The van der Waals surface area contributed by atoms with Crippen LogP contribution in [0.1, 0.15) is 34.3 Å². The second-order valence-electron chi connectivity index (χ2n) is 5.77. The summed E-state index contributed by atoms with van der Waals surface area (Å²) in [5.41, 5.74) is 2.31. The summed E-state index contributed by atoms with van der Waals surface area (Å²) in [4.78, 5) is 49.4. The van der Waals surface area contributed by atoms with Crippen LogP contribution in [0.5, 0.6) is 0 Å². The van der Waals surface area contributed by atoms with Gasteiger partial charge in [0, 0.05) is 32.1 Å². The third kappa shape index (κ3) is 2.58. The standard InChI is InChI=1S/C16H17N3O4/c1-18-14(21)5-4-13(16(18)23)19-8-11-6-10(7-17-9-20)2-3-12(11)15(19)22/h2-3,6,9,13H,4-5,7-8H2,1H3,(H,17,20). The van der Waals surface area contributed by atoms with Crippen molar-refractivity contribution in [1.29, 1.82) is 0 Å². The zero-order chi connectivity index (χ0) is 16.6. The number of hydrogen-bond acceptors (Lipinski definition) is 4. The van der Waals surface area contributed by atoms with Crippen molar-refractivity contribution in [2.45, 2.75) is 32.0 Å². The number of carbonyl (C=O) groups is 4. The molecule has 0 aromatic heterocycles. The molecular weight excluding hydrogens is 298 g/mol. The zero-order valence-corrected chi connectivity index (χ0v) is 12.7. The predicted molar refractivity (Wildman–Crippen MR) is 80.0 cm³/mol. The highest BCUT2D eigenvalue weighted by atomic mass is 16.2. The number of nitrogens with zero attached hydrogens (tertiary/aromatic N) is 2. The summed E-state index contributed by atoms with van der Waals surface area (Å²) in [5.74, 6) is -0.723. The molecule has 0 bridgehead atoms. The monoisotopic (exact) mass is 315 g/mol. The first-order valence-corrected chi connectivity index (χ1v) is 7.43. The minimum Gasteiger partial charge on any atom is -0.355 e. The Labute approximate surface area is 133 Å². The second kappa shape index (κ2) is 5.83. The summed E-state index contributed by atoms with van der Waals surface area (Å²) in [7, 11) is 1.45. The van der Waals surface area contributed by atoms with Crippen LogP contribution in [0.2, 0.25) is 0 Å². The van der Waals surface area contributed by atoms with Gasteiger partial charge in [0.15, 0.2) is 0 Å². The van der Waals surface area contributed by atoms with Crippen LogP contribution in [0, 0.1) is 0 Å². The molecule has 1 fully saturated rings. The van der Waals surface area contributed by atoms with E-state index >= 15 is 0 Å². The third-order valence-corrected chi connectivity index (χ3v) is 4.39. The van der Waals surface area contributed by atoms with Crippen LogP contribution >= 0.6 is 0 Å². The van der Waals surface area contributed by atoms with Gasteiger partial charge in [0.2, 0.25) is 12.3 Å². The lowest BCUT2D eigenvalue weighted by Crippen LogP contribution is -2.53. The summed E-state index contributed by atoms with van der Waals surface area (Å²) < 4.78 is 0. The first-order valence-electron chi connectivity index (χ1n) is 7.43. The number of piperidine rings is 1. The molecule has 1 aromatic carbocycles. The number of imide groups is 1. The van der Waals surface area contributed by atoms with Crippen molar-refractivity contribution in [1.82, 2.24) is 15.1 Å². The molecule has 23 heavy (non-hydrogen) atoms. The predicted octanol–water partition coefficient (Wildman–Crippen LogP) is 0.0358. The van der Waals surface area contributed by atoms with E-state index in [0.29, 0.717) is 31.5 Å². The molecule has 2 aliphatic rings. The molecule has 0 aliphatic carbocycles. The van der Waals surface area contributed by atoms with Gasteiger partial charge in [-0.05, 0) is 23.6 Å². The quantitative estimate of drug-likeness (QED) is 0.627. The van der Waals surface area contributed by atoms with Gasteiger partial charge in [0.25, 0.3) is 11.8 Å². The summed E-state index contributed by atoms with van der Waals surface area (Å²) in [6.45, 7) is 0.742. The van der Waals surface area contributed by atoms with Crippen LogP contribution in [0.4, 0.5) is 0 Å². The van der Waals surface area contributed by atoms with Crippen molar-refractivity contribution in [3.05, 3.63) is 34.9 Å². The number of likely N-dealkylation sites (N-methyl/N-ethyl adjacent to an activating group) is 1. The maximum atomic E-state index is 12.6. The molecule has 1 atom stereocenters. The van der Waals surface area contributed by atoms with E-state index < -0.39 is 6.04 Å². The third-order valence-electron chi connectivity index (χ3n) is 4.39. The zero-order valence-electron chi connectivity index (χ0n) is 12.7. The highest BCUT2D eigenvalue weighted by molar-refractivity contribution is 6.05. The fourth-order valence-corrected chi connectivity index (χ4v) is 3.10. The number of benzene rings is 1. The average molecular weight is 315 g/mol. The molecule has 2 heterocycles. The Morgan fingerprint density at radius 3 is 2.83 bits per heavy atom. The summed E-state index contributed by atoms with van der Waals surface area (Å²) in [5, 5.41) is 2.58. The fourth-order valence-electron chi connectivity index (χ4n) is 3.10. The Morgan fingerprint density at radius 2 is 2.09 bits per heavy atom. The van der Waals surface area contributed by atoms with Crippen LogP contribution in [-0.4, -0.2) is 47.0 Å². The number of rotatable bonds is 4. The number of fused-ring (bicyclic) bond motifs is 1. The first kappa shape index (κ1) is 15.2. The SMILES string of the molecule is CN1C(=O)CCC(N2Cc3cc(CNC=O)ccc3C2=O)C1=O. The van der Waals surface area contributed by atoms with Crippen LogP contribution < -0.4 is 5.32 Å². The van der Waals surface area contributed by atoms with E-state index in [1.165, 1.54) is 11.9 Å². The molecule has 1 N–H and O–H groups in total. The molecule has 4 amide bonds. The summed E-state index contributed by atoms with van der Waals surface area (Å²) in [6, 6.07) is 4.79. The number of nitrogens with one attached hydrogen (secondary N) is 1. The molecule has 0 radical (unpaired) electrons. The molecule has 7 nitrogen and oxygen atoms in total. The van der Waals surface area contributed by atoms with Crippen molar-refractivity contribution in [3.63, 3.8) is 0 Å². The van der Waals surface area contributed by atoms with E-state index in [0.717, 1.165) is 16.0 Å². The second-order valence-corrected chi connectivity index (χ2v) is 5.77. The molecular formula is C16H17N3O4. The van der Waals surface area contributed by atoms with Gasteiger partial charge in [-0.2, -0.15) is 0 Å². The molecule has 1 unspecified atom stereocenters. The Morgan fingerprint density at radius 1 is 1.30 bits per heavy atom. The smallest absolute Gasteiger partial charge is 0.255 e. The van der Waals surface area contributed by atoms with Crippen LogP contribution in [0.25, 0.3) is 0 Å². The normalized spacial score (nSPS) is 20.7. The van der Waals surface area contributed by atoms with Gasteiger partial charge in [-0.25, -0.2) is 0 Å². The summed E-state index contributed by atoms with van der Waals surface area (Å²) >= 11 is 0. The Hall–Kier alpha value is -2.70. The fraction of sp³-hybridized carbons (Fsp3) is 0.375. The van der Waals surface area contributed by atoms with Crippen LogP contribution in [0.3, 0.4) is 0 Å². The lowest BCUT2D eigenvalue weighted by molar-refractivity contribution is -0.150. The van der Waals surface area contributed by atoms with E-state index in [2.05, 4.69) is 5.32 Å². The van der Waals surface area contributed by atoms with E-state index in [9.17, 15) is 19.2 Å². The van der Waals surface area contributed by atoms with Crippen LogP contribution in [0.15, 0.2) is 18.2 Å². The van der Waals surface area contributed by atoms with Gasteiger partial charge < -0.3 is 10.2 Å². The maximum Gasteiger partial charge on any atom is 0.255 e. The summed E-state index contributed by atoms with van der Waals surface area (Å²) in [6.07, 6.45) is 1.25. The average Bonchev–Trinajstić information content (AvgIpc) is 2.87. The van der Waals surface area contributed by atoms with Gasteiger partial charge in [-0.1, -0.05) is 12.1 Å². The number of amides is 4. The Balaban J connectivity index is 1.81. The van der Waals surface area contributed by atoms with Gasteiger partial charge in [-0.3, -0.25) is 24.1 Å². The number of carbonyl (C=O) groups excluding carboxylic acids is 4. The molecule has 120 valence electrons. The number of likely N-dealkylation sites (tertiary alicyclic amines) is 1. The lowest BCUT2D eigenvalue weighted by Gasteiger charge is -2.33. The van der Waals surface area contributed by atoms with Crippen molar-refractivity contribution >= 4 is 24.1 Å². The molecule has 1 aromatic rings. The molecule has 2 aliphatic heterocycles.